The number of halogens is 1. The molecule has 0 aliphatic carbocycles. The number of H-pyrrole nitrogens is 1. The van der Waals surface area contributed by atoms with E-state index in [4.69, 9.17) is 16.3 Å². The number of nitrogens with zero attached hydrogens (tertiary/aromatic N) is 2. The van der Waals surface area contributed by atoms with Crippen LogP contribution >= 0.6 is 11.6 Å². The maximum absolute atomic E-state index is 11.7. The highest BCUT2D eigenvalue weighted by atomic mass is 35.5. The lowest BCUT2D eigenvalue weighted by atomic mass is 10.1. The lowest BCUT2D eigenvalue weighted by Crippen LogP contribution is -2.09. The van der Waals surface area contributed by atoms with Crippen LogP contribution in [0.2, 0.25) is 5.02 Å². The van der Waals surface area contributed by atoms with E-state index in [9.17, 15) is 4.79 Å². The molecule has 2 N–H and O–H groups in total. The zero-order valence-corrected chi connectivity index (χ0v) is 11.7. The third-order valence-corrected chi connectivity index (χ3v) is 2.92. The minimum absolute atomic E-state index is 0.162. The number of aromatic amines is 1. The van der Waals surface area contributed by atoms with Crippen molar-refractivity contribution < 1.29 is 9.53 Å². The third-order valence-electron chi connectivity index (χ3n) is 2.51. The van der Waals surface area contributed by atoms with Crippen molar-refractivity contribution >= 4 is 29.5 Å². The van der Waals surface area contributed by atoms with Gasteiger partial charge in [0.1, 0.15) is 0 Å². The van der Waals surface area contributed by atoms with Gasteiger partial charge in [-0.05, 0) is 30.2 Å². The number of carbonyl (C=O) groups excluding carboxylic acids is 1. The first-order valence-electron chi connectivity index (χ1n) is 5.80. The Balaban J connectivity index is 1.99. The van der Waals surface area contributed by atoms with Gasteiger partial charge in [0.05, 0.1) is 7.11 Å². The van der Waals surface area contributed by atoms with Crippen LogP contribution in [0, 0.1) is 6.92 Å². The predicted molar refractivity (Wildman–Crippen MR) is 76.8 cm³/mol. The number of hydrogen-bond donors (Lipinski definition) is 2. The number of benzene rings is 1. The van der Waals surface area contributed by atoms with Gasteiger partial charge >= 0.3 is 6.01 Å². The second-order valence-corrected chi connectivity index (χ2v) is 4.41. The number of aryl methyl sites for hydroxylation is 1. The van der Waals surface area contributed by atoms with Crippen LogP contribution in [0.25, 0.3) is 6.08 Å². The summed E-state index contributed by atoms with van der Waals surface area (Å²) >= 11 is 6.01. The van der Waals surface area contributed by atoms with E-state index in [-0.39, 0.29) is 17.9 Å². The van der Waals surface area contributed by atoms with E-state index in [1.54, 1.807) is 12.1 Å². The highest BCUT2D eigenvalue weighted by Crippen LogP contribution is 2.17. The molecular weight excluding hydrogens is 280 g/mol. The summed E-state index contributed by atoms with van der Waals surface area (Å²) in [5.74, 6) is -0.112. The molecule has 104 valence electrons. The van der Waals surface area contributed by atoms with Gasteiger partial charge in [-0.1, -0.05) is 23.7 Å². The molecule has 0 saturated carbocycles. The second kappa shape index (κ2) is 6.21. The number of hydrogen-bond acceptors (Lipinski definition) is 4. The lowest BCUT2D eigenvalue weighted by Gasteiger charge is -1.99. The van der Waals surface area contributed by atoms with Crippen LogP contribution in [-0.4, -0.2) is 28.2 Å². The largest absolute Gasteiger partial charge is 0.466 e. The fraction of sp³-hybridized carbons (Fsp3) is 0.154. The normalized spacial score (nSPS) is 10.8. The van der Waals surface area contributed by atoms with E-state index in [1.165, 1.54) is 13.2 Å². The molecule has 1 aromatic carbocycles. The first-order chi connectivity index (χ1) is 9.58. The molecule has 1 aromatic heterocycles. The van der Waals surface area contributed by atoms with Crippen molar-refractivity contribution in [2.75, 3.05) is 12.4 Å². The van der Waals surface area contributed by atoms with Crippen molar-refractivity contribution in [2.24, 2.45) is 0 Å². The number of amides is 1. The summed E-state index contributed by atoms with van der Waals surface area (Å²) in [5.41, 5.74) is 1.83. The third kappa shape index (κ3) is 3.58. The molecule has 0 aliphatic rings. The molecule has 2 rings (SSSR count). The molecule has 6 nitrogen and oxygen atoms in total. The zero-order chi connectivity index (χ0) is 14.5. The molecule has 0 saturated heterocycles. The molecule has 2 aromatic rings. The fourth-order valence-corrected chi connectivity index (χ4v) is 1.63. The average molecular weight is 293 g/mol. The molecular formula is C13H13ClN4O2. The summed E-state index contributed by atoms with van der Waals surface area (Å²) in [4.78, 5) is 15.5. The van der Waals surface area contributed by atoms with Crippen LogP contribution in [0.5, 0.6) is 6.01 Å². The Labute approximate surface area is 120 Å². The van der Waals surface area contributed by atoms with Gasteiger partial charge in [-0.25, -0.2) is 5.10 Å². The van der Waals surface area contributed by atoms with Gasteiger partial charge in [0.2, 0.25) is 5.95 Å². The molecule has 1 heterocycles. The maximum atomic E-state index is 11.7. The van der Waals surface area contributed by atoms with Crippen molar-refractivity contribution in [3.63, 3.8) is 0 Å². The number of rotatable bonds is 4. The van der Waals surface area contributed by atoms with E-state index in [0.717, 1.165) is 11.1 Å². The fourth-order valence-electron chi connectivity index (χ4n) is 1.44. The van der Waals surface area contributed by atoms with E-state index >= 15 is 0 Å². The molecule has 1 amide bonds. The van der Waals surface area contributed by atoms with Crippen LogP contribution in [0.3, 0.4) is 0 Å². The van der Waals surface area contributed by atoms with Crippen LogP contribution in [-0.2, 0) is 4.79 Å². The quantitative estimate of drug-likeness (QED) is 0.848. The summed E-state index contributed by atoms with van der Waals surface area (Å²) in [6.45, 7) is 1.92. The SMILES string of the molecule is COc1n[nH]c(NC(=O)/C=C/c2ccc(C)c(Cl)c2)n1. The van der Waals surface area contributed by atoms with Crippen LogP contribution in [0.4, 0.5) is 5.95 Å². The Kier molecular flexibility index (Phi) is 4.37. The van der Waals surface area contributed by atoms with Crippen molar-refractivity contribution in [3.8, 4) is 6.01 Å². The zero-order valence-electron chi connectivity index (χ0n) is 11.0. The van der Waals surface area contributed by atoms with Gasteiger partial charge in [0.15, 0.2) is 0 Å². The number of anilines is 1. The minimum atomic E-state index is -0.333. The van der Waals surface area contributed by atoms with Crippen molar-refractivity contribution in [2.45, 2.75) is 6.92 Å². The first-order valence-corrected chi connectivity index (χ1v) is 6.18. The van der Waals surface area contributed by atoms with Crippen molar-refractivity contribution in [3.05, 3.63) is 40.4 Å². The number of carbonyl (C=O) groups is 1. The van der Waals surface area contributed by atoms with Gasteiger partial charge in [-0.2, -0.15) is 4.98 Å². The Morgan fingerprint density at radius 1 is 1.50 bits per heavy atom. The van der Waals surface area contributed by atoms with Gasteiger partial charge in [-0.15, -0.1) is 5.10 Å². The maximum Gasteiger partial charge on any atom is 0.336 e. The molecule has 0 aliphatic heterocycles. The van der Waals surface area contributed by atoms with E-state index in [1.807, 2.05) is 19.1 Å². The highest BCUT2D eigenvalue weighted by Gasteiger charge is 2.04. The topological polar surface area (TPSA) is 79.9 Å². The van der Waals surface area contributed by atoms with Crippen LogP contribution in [0.1, 0.15) is 11.1 Å². The molecule has 0 unspecified atom stereocenters. The van der Waals surface area contributed by atoms with E-state index in [2.05, 4.69) is 20.5 Å². The standard InChI is InChI=1S/C13H13ClN4O2/c1-8-3-4-9(7-10(8)14)5-6-11(19)15-12-16-13(20-2)18-17-12/h3-7H,1-2H3,(H2,15,16,17,18,19)/b6-5+. The smallest absolute Gasteiger partial charge is 0.336 e. The lowest BCUT2D eigenvalue weighted by molar-refractivity contribution is -0.111. The Morgan fingerprint density at radius 3 is 2.95 bits per heavy atom. The summed E-state index contributed by atoms with van der Waals surface area (Å²) in [6, 6.07) is 5.72. The molecule has 0 spiro atoms. The van der Waals surface area contributed by atoms with Gasteiger partial charge in [-0.3, -0.25) is 10.1 Å². The van der Waals surface area contributed by atoms with Gasteiger partial charge in [0.25, 0.3) is 5.91 Å². The monoisotopic (exact) mass is 292 g/mol. The first kappa shape index (κ1) is 14.1. The molecule has 7 heteroatoms. The molecule has 0 bridgehead atoms. The van der Waals surface area contributed by atoms with Crippen LogP contribution < -0.4 is 10.1 Å². The minimum Gasteiger partial charge on any atom is -0.466 e. The number of nitrogens with one attached hydrogen (secondary N) is 2. The molecule has 0 radical (unpaired) electrons. The van der Waals surface area contributed by atoms with Crippen LogP contribution in [0.15, 0.2) is 24.3 Å². The van der Waals surface area contributed by atoms with Crippen molar-refractivity contribution in [1.82, 2.24) is 15.2 Å². The van der Waals surface area contributed by atoms with E-state index in [0.29, 0.717) is 5.02 Å². The second-order valence-electron chi connectivity index (χ2n) is 4.00. The Bertz CT molecular complexity index is 652. The number of aromatic nitrogens is 3. The van der Waals surface area contributed by atoms with E-state index < -0.39 is 0 Å². The predicted octanol–water partition coefficient (Wildman–Crippen LogP) is 2.43. The summed E-state index contributed by atoms with van der Waals surface area (Å²) in [7, 11) is 1.44. The molecule has 0 fully saturated rings. The summed E-state index contributed by atoms with van der Waals surface area (Å²) < 4.78 is 4.79. The summed E-state index contributed by atoms with van der Waals surface area (Å²) in [5, 5.41) is 9.43. The molecule has 0 atom stereocenters. The van der Waals surface area contributed by atoms with Gasteiger partial charge in [0, 0.05) is 11.1 Å². The van der Waals surface area contributed by atoms with Gasteiger partial charge < -0.3 is 4.74 Å². The Hall–Kier alpha value is -2.34. The molecule has 20 heavy (non-hydrogen) atoms. The number of ether oxygens (including phenoxy) is 1. The highest BCUT2D eigenvalue weighted by molar-refractivity contribution is 6.31. The number of methoxy groups -OCH3 is 1. The Morgan fingerprint density at radius 2 is 2.30 bits per heavy atom. The average Bonchev–Trinajstić information content (AvgIpc) is 2.88. The summed E-state index contributed by atoms with van der Waals surface area (Å²) in [6.07, 6.45) is 3.05. The van der Waals surface area contributed by atoms with Crippen molar-refractivity contribution in [1.29, 1.82) is 0 Å².